The molecule has 23 heavy (non-hydrogen) atoms. The smallest absolute Gasteiger partial charge is 0.329 e. The molecule has 2 amide bonds. The van der Waals surface area contributed by atoms with Crippen LogP contribution in [0.5, 0.6) is 0 Å². The van der Waals surface area contributed by atoms with Crippen LogP contribution in [0.3, 0.4) is 0 Å². The van der Waals surface area contributed by atoms with Crippen molar-refractivity contribution < 1.29 is 29.0 Å². The Kier molecular flexibility index (Phi) is 7.45. The molecule has 0 aromatic heterocycles. The fourth-order valence-electron chi connectivity index (χ4n) is 1.65. The average Bonchev–Trinajstić information content (AvgIpc) is 2.31. The number of nitrogens with two attached hydrogens (primary N) is 1. The van der Waals surface area contributed by atoms with E-state index in [1.165, 1.54) is 0 Å². The lowest BCUT2D eigenvalue weighted by Crippen LogP contribution is -2.46. The third-order valence-electron chi connectivity index (χ3n) is 2.61. The molecule has 8 heteroatoms. The minimum absolute atomic E-state index is 0.00975. The number of carboxylic acid groups (broad SMARTS) is 1. The van der Waals surface area contributed by atoms with E-state index in [1.807, 2.05) is 0 Å². The van der Waals surface area contributed by atoms with Crippen LogP contribution in [0.4, 0.5) is 0 Å². The Labute approximate surface area is 135 Å². The molecule has 0 fully saturated rings. The Balaban J connectivity index is 5.26. The van der Waals surface area contributed by atoms with E-state index in [0.29, 0.717) is 5.57 Å². The number of ether oxygens (including phenoxy) is 1. The third-order valence-corrected chi connectivity index (χ3v) is 2.61. The maximum Gasteiger partial charge on any atom is 0.329 e. The highest BCUT2D eigenvalue weighted by atomic mass is 16.6. The largest absolute Gasteiger partial charge is 0.481 e. The predicted octanol–water partition coefficient (Wildman–Crippen LogP) is 0.499. The summed E-state index contributed by atoms with van der Waals surface area (Å²) < 4.78 is 5.13. The number of aliphatic carboxylic acids is 1. The number of hydrogen-bond acceptors (Lipinski definition) is 5. The van der Waals surface area contributed by atoms with Crippen LogP contribution < -0.4 is 11.1 Å². The molecule has 0 saturated heterocycles. The van der Waals surface area contributed by atoms with Gasteiger partial charge in [-0.2, -0.15) is 0 Å². The number of primary amides is 1. The van der Waals surface area contributed by atoms with E-state index in [0.717, 1.165) is 0 Å². The van der Waals surface area contributed by atoms with Gasteiger partial charge in [-0.15, -0.1) is 0 Å². The van der Waals surface area contributed by atoms with Crippen LogP contribution in [-0.2, 0) is 23.9 Å². The van der Waals surface area contributed by atoms with Gasteiger partial charge in [0, 0.05) is 5.57 Å². The number of hydrogen-bond donors (Lipinski definition) is 3. The van der Waals surface area contributed by atoms with E-state index in [9.17, 15) is 19.2 Å². The summed E-state index contributed by atoms with van der Waals surface area (Å²) in [5.74, 6) is -3.53. The first-order valence-electron chi connectivity index (χ1n) is 7.03. The van der Waals surface area contributed by atoms with Gasteiger partial charge in [0.1, 0.15) is 11.6 Å². The van der Waals surface area contributed by atoms with Crippen LogP contribution in [0.15, 0.2) is 11.1 Å². The zero-order chi connectivity index (χ0) is 18.4. The maximum absolute atomic E-state index is 12.2. The van der Waals surface area contributed by atoms with Gasteiger partial charge in [-0.1, -0.05) is 5.57 Å². The number of amides is 2. The van der Waals surface area contributed by atoms with Crippen molar-refractivity contribution >= 4 is 23.8 Å². The number of carboxylic acids is 1. The van der Waals surface area contributed by atoms with Crippen LogP contribution in [0.2, 0.25) is 0 Å². The lowest BCUT2D eigenvalue weighted by atomic mass is 10.1. The molecule has 0 rings (SSSR count). The number of esters is 1. The molecule has 0 aromatic carbocycles. The molecular formula is C15H24N2O6. The Morgan fingerprint density at radius 2 is 1.70 bits per heavy atom. The van der Waals surface area contributed by atoms with Crippen molar-refractivity contribution in [1.29, 1.82) is 0 Å². The average molecular weight is 328 g/mol. The second kappa shape index (κ2) is 8.30. The SMILES string of the molecule is CC(C)=C(CC(=O)O)C(=O)N[C@@H](CC(N)=O)C(=O)OC(C)(C)C. The molecule has 1 atom stereocenters. The maximum atomic E-state index is 12.2. The zero-order valence-corrected chi connectivity index (χ0v) is 14.1. The summed E-state index contributed by atoms with van der Waals surface area (Å²) in [5, 5.41) is 11.2. The lowest BCUT2D eigenvalue weighted by Gasteiger charge is -2.24. The van der Waals surface area contributed by atoms with E-state index < -0.39 is 48.2 Å². The van der Waals surface area contributed by atoms with Crippen molar-refractivity contribution in [2.24, 2.45) is 5.73 Å². The molecule has 0 aliphatic heterocycles. The summed E-state index contributed by atoms with van der Waals surface area (Å²) >= 11 is 0. The van der Waals surface area contributed by atoms with Crippen LogP contribution in [0.1, 0.15) is 47.5 Å². The van der Waals surface area contributed by atoms with E-state index in [2.05, 4.69) is 5.32 Å². The summed E-state index contributed by atoms with van der Waals surface area (Å²) in [5.41, 5.74) is 4.78. The van der Waals surface area contributed by atoms with Crippen molar-refractivity contribution in [1.82, 2.24) is 5.32 Å². The Hall–Kier alpha value is -2.38. The minimum Gasteiger partial charge on any atom is -0.481 e. The van der Waals surface area contributed by atoms with E-state index in [-0.39, 0.29) is 5.57 Å². The fraction of sp³-hybridized carbons (Fsp3) is 0.600. The minimum atomic E-state index is -1.28. The van der Waals surface area contributed by atoms with Gasteiger partial charge in [-0.05, 0) is 34.6 Å². The summed E-state index contributed by atoms with van der Waals surface area (Å²) in [7, 11) is 0. The van der Waals surface area contributed by atoms with Gasteiger partial charge >= 0.3 is 11.9 Å². The molecular weight excluding hydrogens is 304 g/mol. The standard InChI is InChI=1S/C15H24N2O6/c1-8(2)9(6-12(19)20)13(21)17-10(7-11(16)18)14(22)23-15(3,4)5/h10H,6-7H2,1-5H3,(H2,16,18)(H,17,21)(H,19,20)/t10-/m0/s1. The Bertz CT molecular complexity index is 527. The van der Waals surface area contributed by atoms with Crippen molar-refractivity contribution in [2.45, 2.75) is 59.1 Å². The predicted molar refractivity (Wildman–Crippen MR) is 82.2 cm³/mol. The molecule has 0 aliphatic carbocycles. The first-order valence-corrected chi connectivity index (χ1v) is 7.03. The quantitative estimate of drug-likeness (QED) is 0.460. The second-order valence-electron chi connectivity index (χ2n) is 6.28. The Morgan fingerprint density at radius 3 is 2.04 bits per heavy atom. The molecule has 0 spiro atoms. The van der Waals surface area contributed by atoms with Crippen LogP contribution in [-0.4, -0.2) is 40.5 Å². The molecule has 0 bridgehead atoms. The van der Waals surface area contributed by atoms with E-state index >= 15 is 0 Å². The summed E-state index contributed by atoms with van der Waals surface area (Å²) in [6.45, 7) is 8.07. The topological polar surface area (TPSA) is 136 Å². The van der Waals surface area contributed by atoms with E-state index in [1.54, 1.807) is 34.6 Å². The first kappa shape index (κ1) is 20.6. The number of carbonyl (C=O) groups excluding carboxylic acids is 3. The molecule has 0 aliphatic rings. The van der Waals surface area contributed by atoms with Gasteiger partial charge in [-0.25, -0.2) is 4.79 Å². The molecule has 0 radical (unpaired) electrons. The molecule has 4 N–H and O–H groups in total. The van der Waals surface area contributed by atoms with Crippen molar-refractivity contribution in [3.8, 4) is 0 Å². The van der Waals surface area contributed by atoms with Crippen molar-refractivity contribution in [3.05, 3.63) is 11.1 Å². The number of nitrogens with one attached hydrogen (secondary N) is 1. The molecule has 0 aromatic rings. The summed E-state index contributed by atoms with van der Waals surface area (Å²) in [4.78, 5) is 46.2. The summed E-state index contributed by atoms with van der Waals surface area (Å²) in [6, 6.07) is -1.28. The van der Waals surface area contributed by atoms with Gasteiger partial charge in [0.25, 0.3) is 0 Å². The highest BCUT2D eigenvalue weighted by Gasteiger charge is 2.29. The highest BCUT2D eigenvalue weighted by molar-refractivity contribution is 6.00. The van der Waals surface area contributed by atoms with E-state index in [4.69, 9.17) is 15.6 Å². The molecule has 130 valence electrons. The van der Waals surface area contributed by atoms with Gasteiger partial charge in [-0.3, -0.25) is 14.4 Å². The molecule has 0 heterocycles. The van der Waals surface area contributed by atoms with Crippen LogP contribution >= 0.6 is 0 Å². The molecule has 0 saturated carbocycles. The number of carbonyl (C=O) groups is 4. The lowest BCUT2D eigenvalue weighted by molar-refractivity contribution is -0.159. The highest BCUT2D eigenvalue weighted by Crippen LogP contribution is 2.12. The zero-order valence-electron chi connectivity index (χ0n) is 14.1. The summed E-state index contributed by atoms with van der Waals surface area (Å²) in [6.07, 6.45) is -0.935. The van der Waals surface area contributed by atoms with Crippen molar-refractivity contribution in [3.63, 3.8) is 0 Å². The fourth-order valence-corrected chi connectivity index (χ4v) is 1.65. The van der Waals surface area contributed by atoms with Gasteiger partial charge in [0.15, 0.2) is 0 Å². The monoisotopic (exact) mass is 328 g/mol. The number of allylic oxidation sites excluding steroid dienone is 1. The molecule has 0 unspecified atom stereocenters. The van der Waals surface area contributed by atoms with Crippen LogP contribution in [0, 0.1) is 0 Å². The van der Waals surface area contributed by atoms with Gasteiger partial charge in [0.05, 0.1) is 12.8 Å². The third kappa shape index (κ3) is 8.60. The molecule has 8 nitrogen and oxygen atoms in total. The first-order chi connectivity index (χ1) is 10.3. The van der Waals surface area contributed by atoms with Crippen LogP contribution in [0.25, 0.3) is 0 Å². The Morgan fingerprint density at radius 1 is 1.17 bits per heavy atom. The second-order valence-corrected chi connectivity index (χ2v) is 6.28. The van der Waals surface area contributed by atoms with Gasteiger partial charge < -0.3 is 20.9 Å². The van der Waals surface area contributed by atoms with Crippen molar-refractivity contribution in [2.75, 3.05) is 0 Å². The van der Waals surface area contributed by atoms with Gasteiger partial charge in [0.2, 0.25) is 11.8 Å². The number of rotatable bonds is 7. The normalized spacial score (nSPS) is 12.0.